The van der Waals surface area contributed by atoms with Gasteiger partial charge in [0.1, 0.15) is 16.9 Å². The second-order valence-corrected chi connectivity index (χ2v) is 9.60. The van der Waals surface area contributed by atoms with Crippen LogP contribution < -0.4 is 34.1 Å². The van der Waals surface area contributed by atoms with E-state index in [1.54, 1.807) is 58.8 Å². The predicted octanol–water partition coefficient (Wildman–Crippen LogP) is 3.10. The summed E-state index contributed by atoms with van der Waals surface area (Å²) in [5.74, 6) is 1.92. The molecule has 0 aromatic heterocycles. The highest BCUT2D eigenvalue weighted by Crippen LogP contribution is 2.49. The second-order valence-electron chi connectivity index (χ2n) is 9.60. The molecule has 2 unspecified atom stereocenters. The Bertz CT molecular complexity index is 1720. The quantitative estimate of drug-likeness (QED) is 0.358. The maximum atomic E-state index is 13.4. The zero-order valence-corrected chi connectivity index (χ0v) is 22.1. The summed E-state index contributed by atoms with van der Waals surface area (Å²) in [6, 6.07) is 14.4. The van der Waals surface area contributed by atoms with Gasteiger partial charge in [-0.2, -0.15) is 0 Å². The minimum Gasteiger partial charge on any atom is -0.493 e. The predicted molar refractivity (Wildman–Crippen MR) is 142 cm³/mol. The number of hydrogen-bond acceptors (Lipinski definition) is 8. The molecule has 3 aromatic rings. The molecule has 0 bridgehead atoms. The molecular weight excluding hydrogens is 500 g/mol. The summed E-state index contributed by atoms with van der Waals surface area (Å²) in [6.45, 7) is 1.86. The summed E-state index contributed by atoms with van der Waals surface area (Å²) in [5, 5.41) is 1.36. The topological polar surface area (TPSA) is 89.5 Å². The van der Waals surface area contributed by atoms with Gasteiger partial charge < -0.3 is 28.4 Å². The largest absolute Gasteiger partial charge is 0.493 e. The van der Waals surface area contributed by atoms with Gasteiger partial charge in [-0.15, -0.1) is 0 Å². The highest BCUT2D eigenvalue weighted by atomic mass is 16.6. The Morgan fingerprint density at radius 1 is 0.744 bits per heavy atom. The van der Waals surface area contributed by atoms with Gasteiger partial charge in [0.2, 0.25) is 0 Å². The summed E-state index contributed by atoms with van der Waals surface area (Å²) < 4.78 is 33.3. The number of esters is 2. The van der Waals surface area contributed by atoms with Gasteiger partial charge in [0.25, 0.3) is 0 Å². The minimum atomic E-state index is -0.990. The molecular formula is C31H26O8. The van der Waals surface area contributed by atoms with E-state index in [1.807, 2.05) is 37.3 Å². The van der Waals surface area contributed by atoms with E-state index in [9.17, 15) is 9.59 Å². The zero-order valence-electron chi connectivity index (χ0n) is 22.1. The van der Waals surface area contributed by atoms with Crippen LogP contribution in [0.25, 0.3) is 17.4 Å². The van der Waals surface area contributed by atoms with E-state index < -0.39 is 11.4 Å². The molecule has 0 N–H and O–H groups in total. The van der Waals surface area contributed by atoms with Gasteiger partial charge in [-0.05, 0) is 48.4 Å². The summed E-state index contributed by atoms with van der Waals surface area (Å²) in [7, 11) is 6.22. The third-order valence-electron chi connectivity index (χ3n) is 7.77. The normalized spacial score (nSPS) is 20.6. The second kappa shape index (κ2) is 8.94. The first-order chi connectivity index (χ1) is 18.8. The van der Waals surface area contributed by atoms with E-state index in [0.29, 0.717) is 61.6 Å². The Labute approximate surface area is 224 Å². The average Bonchev–Trinajstić information content (AvgIpc) is 3.45. The van der Waals surface area contributed by atoms with Crippen molar-refractivity contribution in [2.24, 2.45) is 5.92 Å². The molecule has 2 atom stereocenters. The van der Waals surface area contributed by atoms with Crippen molar-refractivity contribution in [1.82, 2.24) is 0 Å². The number of methoxy groups -OCH3 is 4. The third kappa shape index (κ3) is 3.44. The summed E-state index contributed by atoms with van der Waals surface area (Å²) in [6.07, 6.45) is 3.83. The molecule has 1 fully saturated rings. The first kappa shape index (κ1) is 24.6. The molecule has 2 heterocycles. The monoisotopic (exact) mass is 526 g/mol. The van der Waals surface area contributed by atoms with E-state index in [2.05, 4.69) is 0 Å². The smallest absolute Gasteiger partial charge is 0.344 e. The van der Waals surface area contributed by atoms with Crippen molar-refractivity contribution in [1.29, 1.82) is 0 Å². The van der Waals surface area contributed by atoms with Gasteiger partial charge in [0.05, 0.1) is 39.9 Å². The van der Waals surface area contributed by atoms with Gasteiger partial charge in [-0.25, -0.2) is 4.79 Å². The van der Waals surface area contributed by atoms with Crippen LogP contribution in [-0.4, -0.2) is 40.4 Å². The lowest BCUT2D eigenvalue weighted by atomic mass is 9.71. The van der Waals surface area contributed by atoms with Gasteiger partial charge in [0, 0.05) is 16.0 Å². The van der Waals surface area contributed by atoms with Crippen LogP contribution in [0.1, 0.15) is 23.6 Å². The lowest BCUT2D eigenvalue weighted by Crippen LogP contribution is -2.35. The number of ether oxygens (including phenoxy) is 6. The van der Waals surface area contributed by atoms with Crippen molar-refractivity contribution >= 4 is 29.3 Å². The van der Waals surface area contributed by atoms with Crippen LogP contribution in [0.5, 0.6) is 28.7 Å². The van der Waals surface area contributed by atoms with Crippen LogP contribution in [0.15, 0.2) is 54.6 Å². The summed E-state index contributed by atoms with van der Waals surface area (Å²) >= 11 is 0. The van der Waals surface area contributed by atoms with Crippen LogP contribution >= 0.6 is 0 Å². The highest BCUT2D eigenvalue weighted by molar-refractivity contribution is 6.19. The van der Waals surface area contributed by atoms with E-state index in [4.69, 9.17) is 28.4 Å². The number of rotatable bonds is 6. The van der Waals surface area contributed by atoms with E-state index in [0.717, 1.165) is 5.56 Å². The molecule has 1 aliphatic carbocycles. The van der Waals surface area contributed by atoms with Crippen LogP contribution in [0.2, 0.25) is 0 Å². The lowest BCUT2D eigenvalue weighted by molar-refractivity contribution is -0.139. The number of carbonyl (C=O) groups is 2. The Hall–Kier alpha value is -4.72. The standard InChI is InChI=1S/C31H26O8/c1-31(17-7-13-23(35-3)25(15-17)37-5)21-11-10-18-19(28(21)39-30(31)33)8-9-20-26(29(32)38-27(18)20)16-6-12-22(34-2)24(14-16)36-4/h6-15,21H,1-5H3. The molecule has 1 saturated heterocycles. The van der Waals surface area contributed by atoms with Crippen molar-refractivity contribution in [2.45, 2.75) is 12.3 Å². The van der Waals surface area contributed by atoms with Gasteiger partial charge in [-0.3, -0.25) is 4.79 Å². The van der Waals surface area contributed by atoms with Gasteiger partial charge in [0.15, 0.2) is 23.0 Å². The number of hydrogen-bond donors (Lipinski definition) is 0. The molecule has 3 aromatic carbocycles. The van der Waals surface area contributed by atoms with Crippen LogP contribution in [0.3, 0.4) is 0 Å². The molecule has 6 rings (SSSR count). The molecule has 39 heavy (non-hydrogen) atoms. The summed E-state index contributed by atoms with van der Waals surface area (Å²) in [4.78, 5) is 26.5. The average molecular weight is 527 g/mol. The Morgan fingerprint density at radius 3 is 2.08 bits per heavy atom. The number of benzene rings is 3. The van der Waals surface area contributed by atoms with Gasteiger partial charge in [-0.1, -0.05) is 30.4 Å². The fourth-order valence-electron chi connectivity index (χ4n) is 5.62. The minimum absolute atomic E-state index is 0.361. The van der Waals surface area contributed by atoms with Crippen LogP contribution in [0, 0.1) is 5.92 Å². The fraction of sp³-hybridized carbons (Fsp3) is 0.226. The molecule has 0 spiro atoms. The molecule has 0 amide bonds. The van der Waals surface area contributed by atoms with E-state index in [1.165, 1.54) is 0 Å². The lowest BCUT2D eigenvalue weighted by Gasteiger charge is -2.27. The van der Waals surface area contributed by atoms with Crippen molar-refractivity contribution in [2.75, 3.05) is 28.4 Å². The van der Waals surface area contributed by atoms with Crippen LogP contribution in [0.4, 0.5) is 0 Å². The fourth-order valence-corrected chi connectivity index (χ4v) is 5.62. The number of carbonyl (C=O) groups excluding carboxylic acids is 2. The molecule has 2 aliphatic heterocycles. The highest BCUT2D eigenvalue weighted by Gasteiger charge is 2.53. The third-order valence-corrected chi connectivity index (χ3v) is 7.77. The van der Waals surface area contributed by atoms with Crippen molar-refractivity contribution < 1.29 is 38.0 Å². The zero-order chi connectivity index (χ0) is 27.5. The van der Waals surface area contributed by atoms with Gasteiger partial charge >= 0.3 is 11.9 Å². The maximum absolute atomic E-state index is 13.4. The number of fused-ring (bicyclic) bond motifs is 4. The first-order valence-corrected chi connectivity index (χ1v) is 12.3. The molecule has 198 valence electrons. The molecule has 8 heteroatoms. The Morgan fingerprint density at radius 2 is 1.38 bits per heavy atom. The molecule has 0 saturated carbocycles. The molecule has 0 radical (unpaired) electrons. The SMILES string of the molecule is COc1ccc(C2=c3ccc4c(c3OC2=O)C=CC2C=4OC(=O)C2(C)c2ccc(OC)c(OC)c2)cc1OC. The Balaban J connectivity index is 1.50. The Kier molecular flexibility index (Phi) is 5.64. The van der Waals surface area contributed by atoms with Crippen LogP contribution in [-0.2, 0) is 19.7 Å². The molecule has 3 aliphatic rings. The van der Waals surface area contributed by atoms with Crippen molar-refractivity contribution in [3.8, 4) is 28.7 Å². The van der Waals surface area contributed by atoms with E-state index >= 15 is 0 Å². The first-order valence-electron chi connectivity index (χ1n) is 12.3. The molecule has 8 nitrogen and oxygen atoms in total. The van der Waals surface area contributed by atoms with Crippen molar-refractivity contribution in [3.63, 3.8) is 0 Å². The van der Waals surface area contributed by atoms with Crippen molar-refractivity contribution in [3.05, 3.63) is 81.7 Å². The van der Waals surface area contributed by atoms with E-state index in [-0.39, 0.29) is 11.9 Å². The summed E-state index contributed by atoms with van der Waals surface area (Å²) in [5.41, 5.74) is 1.51. The maximum Gasteiger partial charge on any atom is 0.344 e.